The molecule has 0 saturated carbocycles. The molecule has 1 N–H and O–H groups in total. The number of para-hydroxylation sites is 1. The first-order chi connectivity index (χ1) is 8.56. The van der Waals surface area contributed by atoms with Gasteiger partial charge < -0.3 is 10.2 Å². The monoisotopic (exact) mass is 330 g/mol. The molecule has 0 unspecified atom stereocenters. The minimum absolute atomic E-state index is 0.146. The largest absolute Gasteiger partial charge is 0.341 e. The highest BCUT2D eigenvalue weighted by Crippen LogP contribution is 2.40. The van der Waals surface area contributed by atoms with Crippen LogP contribution in [0.25, 0.3) is 0 Å². The third kappa shape index (κ3) is 2.24. The summed E-state index contributed by atoms with van der Waals surface area (Å²) in [5.41, 5.74) is 1.45. The van der Waals surface area contributed by atoms with Crippen LogP contribution in [0.2, 0.25) is 5.02 Å². The number of benzene rings is 1. The molecule has 1 aromatic rings. The maximum absolute atomic E-state index is 12.3. The summed E-state index contributed by atoms with van der Waals surface area (Å²) in [6.45, 7) is 1.91. The zero-order valence-corrected chi connectivity index (χ0v) is 12.1. The Bertz CT molecular complexity index is 507. The number of carbonyl (C=O) groups is 2. The first kappa shape index (κ1) is 13.4. The molecule has 0 spiro atoms. The van der Waals surface area contributed by atoms with Crippen molar-refractivity contribution in [1.29, 1.82) is 0 Å². The summed E-state index contributed by atoms with van der Waals surface area (Å²) >= 11 is 9.46. The van der Waals surface area contributed by atoms with Crippen molar-refractivity contribution >= 4 is 45.0 Å². The number of alkyl halides is 1. The van der Waals surface area contributed by atoms with E-state index in [9.17, 15) is 9.59 Å². The highest BCUT2D eigenvalue weighted by molar-refractivity contribution is 9.09. The van der Waals surface area contributed by atoms with Crippen molar-refractivity contribution in [3.63, 3.8) is 0 Å². The summed E-state index contributed by atoms with van der Waals surface area (Å²) in [6.07, 6.45) is 0. The fourth-order valence-corrected chi connectivity index (χ4v) is 2.74. The normalized spacial score (nSPS) is 17.8. The van der Waals surface area contributed by atoms with E-state index < -0.39 is 6.04 Å². The lowest BCUT2D eigenvalue weighted by atomic mass is 10.1. The van der Waals surface area contributed by atoms with Gasteiger partial charge in [0.1, 0.15) is 6.04 Å². The lowest BCUT2D eigenvalue weighted by molar-refractivity contribution is -0.126. The summed E-state index contributed by atoms with van der Waals surface area (Å²) in [7, 11) is 0. The van der Waals surface area contributed by atoms with Crippen LogP contribution in [0.5, 0.6) is 0 Å². The smallest absolute Gasteiger partial charge is 0.254 e. The van der Waals surface area contributed by atoms with E-state index >= 15 is 0 Å². The molecule has 1 atom stereocenters. The highest BCUT2D eigenvalue weighted by Gasteiger charge is 2.38. The Hall–Kier alpha value is -1.07. The van der Waals surface area contributed by atoms with Gasteiger partial charge in [-0.15, -0.1) is 0 Å². The van der Waals surface area contributed by atoms with E-state index in [-0.39, 0.29) is 11.8 Å². The molecule has 6 heteroatoms. The van der Waals surface area contributed by atoms with Crippen molar-refractivity contribution in [1.82, 2.24) is 5.32 Å². The van der Waals surface area contributed by atoms with Gasteiger partial charge in [0, 0.05) is 24.4 Å². The lowest BCUT2D eigenvalue weighted by Gasteiger charge is -2.17. The quantitative estimate of drug-likeness (QED) is 0.864. The topological polar surface area (TPSA) is 49.4 Å². The van der Waals surface area contributed by atoms with Crippen LogP contribution in [-0.2, 0) is 9.59 Å². The zero-order valence-electron chi connectivity index (χ0n) is 9.74. The molecule has 0 saturated heterocycles. The van der Waals surface area contributed by atoms with Crippen molar-refractivity contribution in [2.45, 2.75) is 13.0 Å². The molecule has 0 aromatic heterocycles. The Kier molecular flexibility index (Phi) is 3.92. The first-order valence-electron chi connectivity index (χ1n) is 5.49. The number of nitrogens with zero attached hydrogens (tertiary/aromatic N) is 1. The van der Waals surface area contributed by atoms with Gasteiger partial charge in [0.15, 0.2) is 0 Å². The summed E-state index contributed by atoms with van der Waals surface area (Å²) in [5.74, 6) is -0.382. The molecule has 2 rings (SSSR count). The number of halogens is 2. The van der Waals surface area contributed by atoms with E-state index in [1.165, 1.54) is 6.92 Å². The van der Waals surface area contributed by atoms with Crippen LogP contribution >= 0.6 is 27.5 Å². The number of carbonyl (C=O) groups excluding carboxylic acids is 2. The summed E-state index contributed by atoms with van der Waals surface area (Å²) in [5, 5.41) is 3.83. The van der Waals surface area contributed by atoms with Crippen LogP contribution in [0.4, 0.5) is 5.69 Å². The Balaban J connectivity index is 2.46. The van der Waals surface area contributed by atoms with Crippen molar-refractivity contribution < 1.29 is 9.59 Å². The van der Waals surface area contributed by atoms with Crippen molar-refractivity contribution in [3.8, 4) is 0 Å². The third-order valence-corrected chi connectivity index (χ3v) is 3.43. The van der Waals surface area contributed by atoms with Gasteiger partial charge in [0.25, 0.3) is 5.91 Å². The van der Waals surface area contributed by atoms with Crippen molar-refractivity contribution in [2.24, 2.45) is 0 Å². The second-order valence-corrected chi connectivity index (χ2v) is 5.19. The van der Waals surface area contributed by atoms with Gasteiger partial charge in [-0.2, -0.15) is 0 Å². The number of nitrogens with one attached hydrogen (secondary N) is 1. The molecule has 4 nitrogen and oxygen atoms in total. The summed E-state index contributed by atoms with van der Waals surface area (Å²) < 4.78 is 0. The Labute approximate surface area is 118 Å². The standard InChI is InChI=1S/C12H12BrClN2O2/c1-7(17)15-10-8-3-2-4-9(14)11(8)16(6-5-13)12(10)18/h2-4,10H,5-6H2,1H3,(H,15,17)/t10-/m0/s1. The molecular weight excluding hydrogens is 320 g/mol. The van der Waals surface area contributed by atoms with Crippen molar-refractivity contribution in [2.75, 3.05) is 16.8 Å². The average molecular weight is 332 g/mol. The molecule has 1 heterocycles. The van der Waals surface area contributed by atoms with E-state index in [1.807, 2.05) is 6.07 Å². The molecular formula is C12H12BrClN2O2. The molecule has 0 fully saturated rings. The molecule has 1 aliphatic heterocycles. The first-order valence-corrected chi connectivity index (χ1v) is 6.99. The lowest BCUT2D eigenvalue weighted by Crippen LogP contribution is -2.37. The maximum Gasteiger partial charge on any atom is 0.254 e. The van der Waals surface area contributed by atoms with E-state index in [4.69, 9.17) is 11.6 Å². The molecule has 0 bridgehead atoms. The molecule has 96 valence electrons. The SMILES string of the molecule is CC(=O)N[C@@H]1C(=O)N(CCBr)c2c(Cl)cccc21. The van der Waals surface area contributed by atoms with Gasteiger partial charge in [-0.3, -0.25) is 9.59 Å². The number of amides is 2. The van der Waals surface area contributed by atoms with Gasteiger partial charge >= 0.3 is 0 Å². The van der Waals surface area contributed by atoms with Gasteiger partial charge in [0.05, 0.1) is 10.7 Å². The van der Waals surface area contributed by atoms with Crippen LogP contribution in [-0.4, -0.2) is 23.7 Å². The molecule has 1 aromatic carbocycles. The fraction of sp³-hybridized carbons (Fsp3) is 0.333. The predicted octanol–water partition coefficient (Wildman–Crippen LogP) is 2.26. The second-order valence-electron chi connectivity index (χ2n) is 3.99. The molecule has 18 heavy (non-hydrogen) atoms. The molecule has 0 radical (unpaired) electrons. The summed E-state index contributed by atoms with van der Waals surface area (Å²) in [6, 6.07) is 4.70. The van der Waals surface area contributed by atoms with Gasteiger partial charge in [0.2, 0.25) is 5.91 Å². The van der Waals surface area contributed by atoms with Gasteiger partial charge in [-0.25, -0.2) is 0 Å². The third-order valence-electron chi connectivity index (χ3n) is 2.77. The minimum atomic E-state index is -0.629. The van der Waals surface area contributed by atoms with Crippen LogP contribution in [0.1, 0.15) is 18.5 Å². The molecule has 1 aliphatic rings. The van der Waals surface area contributed by atoms with Gasteiger partial charge in [-0.05, 0) is 6.07 Å². The average Bonchev–Trinajstić information content (AvgIpc) is 2.56. The highest BCUT2D eigenvalue weighted by atomic mass is 79.9. The van der Waals surface area contributed by atoms with Crippen LogP contribution in [0.15, 0.2) is 18.2 Å². The van der Waals surface area contributed by atoms with E-state index in [0.717, 1.165) is 5.56 Å². The maximum atomic E-state index is 12.3. The number of fused-ring (bicyclic) bond motifs is 1. The Morgan fingerprint density at radius 1 is 1.56 bits per heavy atom. The van der Waals surface area contributed by atoms with E-state index in [2.05, 4.69) is 21.2 Å². The fourth-order valence-electron chi connectivity index (χ4n) is 2.10. The molecule has 0 aliphatic carbocycles. The van der Waals surface area contributed by atoms with E-state index in [0.29, 0.717) is 22.6 Å². The second kappa shape index (κ2) is 5.28. The van der Waals surface area contributed by atoms with Crippen LogP contribution in [0, 0.1) is 0 Å². The van der Waals surface area contributed by atoms with Gasteiger partial charge in [-0.1, -0.05) is 39.7 Å². The van der Waals surface area contributed by atoms with Crippen LogP contribution in [0.3, 0.4) is 0 Å². The van der Waals surface area contributed by atoms with E-state index in [1.54, 1.807) is 17.0 Å². The number of hydrogen-bond acceptors (Lipinski definition) is 2. The number of rotatable bonds is 3. The summed E-state index contributed by atoms with van der Waals surface area (Å²) in [4.78, 5) is 25.1. The molecule has 2 amide bonds. The number of anilines is 1. The van der Waals surface area contributed by atoms with Crippen molar-refractivity contribution in [3.05, 3.63) is 28.8 Å². The minimum Gasteiger partial charge on any atom is -0.341 e. The number of hydrogen-bond donors (Lipinski definition) is 1. The zero-order chi connectivity index (χ0) is 13.3. The Morgan fingerprint density at radius 2 is 2.28 bits per heavy atom. The van der Waals surface area contributed by atoms with Crippen LogP contribution < -0.4 is 10.2 Å². The Morgan fingerprint density at radius 3 is 2.89 bits per heavy atom. The predicted molar refractivity (Wildman–Crippen MR) is 74.2 cm³/mol.